The zero-order chi connectivity index (χ0) is 22.5. The van der Waals surface area contributed by atoms with Crippen molar-refractivity contribution < 1.29 is 29.3 Å². The number of aliphatic hydroxyl groups excluding tert-OH is 1. The Morgan fingerprint density at radius 3 is 2.42 bits per heavy atom. The minimum atomic E-state index is -0.973. The SMILES string of the molecule is COc1ccc(/C=C2\SC(=O)N(CC(=O)N(C)CC(O)c3ccc(O)cc3)C2=O)cc1. The lowest BCUT2D eigenvalue weighted by molar-refractivity contribution is -0.135. The fourth-order valence-electron chi connectivity index (χ4n) is 2.91. The fourth-order valence-corrected chi connectivity index (χ4v) is 3.75. The number of nitrogens with zero attached hydrogens (tertiary/aromatic N) is 2. The van der Waals surface area contributed by atoms with Gasteiger partial charge in [-0.05, 0) is 53.2 Å². The molecule has 1 aliphatic rings. The summed E-state index contributed by atoms with van der Waals surface area (Å²) >= 11 is 0.776. The lowest BCUT2D eigenvalue weighted by Crippen LogP contribution is -2.41. The zero-order valence-corrected chi connectivity index (χ0v) is 17.8. The van der Waals surface area contributed by atoms with Crippen molar-refractivity contribution >= 4 is 34.9 Å². The average Bonchev–Trinajstić information content (AvgIpc) is 3.01. The molecular weight excluding hydrogens is 420 g/mol. The van der Waals surface area contributed by atoms with Gasteiger partial charge in [-0.15, -0.1) is 0 Å². The second-order valence-electron chi connectivity index (χ2n) is 6.92. The van der Waals surface area contributed by atoms with E-state index in [4.69, 9.17) is 4.74 Å². The highest BCUT2D eigenvalue weighted by Gasteiger charge is 2.37. The summed E-state index contributed by atoms with van der Waals surface area (Å²) in [5, 5.41) is 19.1. The first kappa shape index (κ1) is 22.4. The minimum absolute atomic E-state index is 0.0263. The predicted octanol–water partition coefficient (Wildman–Crippen LogP) is 2.63. The number of likely N-dealkylation sites (N-methyl/N-ethyl adjacent to an activating group) is 1. The Balaban J connectivity index is 1.62. The number of ether oxygens (including phenoxy) is 1. The van der Waals surface area contributed by atoms with E-state index in [2.05, 4.69) is 0 Å². The van der Waals surface area contributed by atoms with Gasteiger partial charge < -0.3 is 19.8 Å². The predicted molar refractivity (Wildman–Crippen MR) is 116 cm³/mol. The standard InChI is InChI=1S/C22H22N2O6S/c1-23(12-18(26)15-5-7-16(25)8-6-15)20(27)13-24-21(28)19(31-22(24)29)11-14-3-9-17(30-2)10-4-14/h3-11,18,25-26H,12-13H2,1-2H3/b19-11-. The molecule has 0 aromatic heterocycles. The highest BCUT2D eigenvalue weighted by molar-refractivity contribution is 8.18. The van der Waals surface area contributed by atoms with Crippen molar-refractivity contribution in [2.75, 3.05) is 27.2 Å². The van der Waals surface area contributed by atoms with Gasteiger partial charge in [0.2, 0.25) is 5.91 Å². The molecule has 162 valence electrons. The van der Waals surface area contributed by atoms with Crippen molar-refractivity contribution in [1.82, 2.24) is 9.80 Å². The number of phenolic OH excluding ortho intramolecular Hbond substituents is 1. The van der Waals surface area contributed by atoms with Crippen LogP contribution in [0.4, 0.5) is 4.79 Å². The number of aromatic hydroxyl groups is 1. The van der Waals surface area contributed by atoms with Crippen LogP contribution >= 0.6 is 11.8 Å². The molecule has 0 spiro atoms. The number of thioether (sulfide) groups is 1. The summed E-state index contributed by atoms with van der Waals surface area (Å²) in [6, 6.07) is 13.0. The molecule has 2 aromatic carbocycles. The maximum atomic E-state index is 12.6. The second kappa shape index (κ2) is 9.67. The topological polar surface area (TPSA) is 107 Å². The summed E-state index contributed by atoms with van der Waals surface area (Å²) in [6.45, 7) is -0.440. The van der Waals surface area contributed by atoms with Crippen LogP contribution in [0.2, 0.25) is 0 Å². The Morgan fingerprint density at radius 2 is 1.81 bits per heavy atom. The molecule has 1 atom stereocenters. The van der Waals surface area contributed by atoms with Crippen LogP contribution in [0, 0.1) is 0 Å². The molecule has 1 aliphatic heterocycles. The summed E-state index contributed by atoms with van der Waals surface area (Å²) in [7, 11) is 3.04. The maximum absolute atomic E-state index is 12.6. The van der Waals surface area contributed by atoms with Gasteiger partial charge in [0.25, 0.3) is 11.1 Å². The Labute approximate surface area is 183 Å². The lowest BCUT2D eigenvalue weighted by atomic mass is 10.1. The first-order chi connectivity index (χ1) is 14.8. The molecular formula is C22H22N2O6S. The zero-order valence-electron chi connectivity index (χ0n) is 17.0. The van der Waals surface area contributed by atoms with Gasteiger partial charge in [-0.25, -0.2) is 0 Å². The second-order valence-corrected chi connectivity index (χ2v) is 7.92. The van der Waals surface area contributed by atoms with Gasteiger partial charge in [0.1, 0.15) is 18.0 Å². The first-order valence-electron chi connectivity index (χ1n) is 9.39. The van der Waals surface area contributed by atoms with Gasteiger partial charge in [-0.1, -0.05) is 24.3 Å². The number of methoxy groups -OCH3 is 1. The van der Waals surface area contributed by atoms with E-state index in [9.17, 15) is 24.6 Å². The van der Waals surface area contributed by atoms with Crippen LogP contribution in [0.5, 0.6) is 11.5 Å². The monoisotopic (exact) mass is 442 g/mol. The summed E-state index contributed by atoms with van der Waals surface area (Å²) in [4.78, 5) is 39.8. The van der Waals surface area contributed by atoms with E-state index in [-0.39, 0.29) is 17.2 Å². The van der Waals surface area contributed by atoms with Crippen LogP contribution in [0.3, 0.4) is 0 Å². The molecule has 0 saturated carbocycles. The summed E-state index contributed by atoms with van der Waals surface area (Å²) < 4.78 is 5.10. The Morgan fingerprint density at radius 1 is 1.16 bits per heavy atom. The Bertz CT molecular complexity index is 1000. The van der Waals surface area contributed by atoms with Gasteiger partial charge in [-0.2, -0.15) is 0 Å². The highest BCUT2D eigenvalue weighted by atomic mass is 32.2. The molecule has 3 rings (SSSR count). The summed E-state index contributed by atoms with van der Waals surface area (Å²) in [6.07, 6.45) is 0.618. The number of carbonyl (C=O) groups is 3. The quantitative estimate of drug-likeness (QED) is 0.635. The largest absolute Gasteiger partial charge is 0.508 e. The van der Waals surface area contributed by atoms with Gasteiger partial charge in [-0.3, -0.25) is 19.3 Å². The number of rotatable bonds is 7. The molecule has 1 fully saturated rings. The molecule has 9 heteroatoms. The van der Waals surface area contributed by atoms with Crippen LogP contribution in [-0.2, 0) is 9.59 Å². The van der Waals surface area contributed by atoms with E-state index < -0.39 is 29.7 Å². The number of hydrogen-bond acceptors (Lipinski definition) is 7. The van der Waals surface area contributed by atoms with Crippen LogP contribution in [0.25, 0.3) is 6.08 Å². The molecule has 1 unspecified atom stereocenters. The molecule has 1 saturated heterocycles. The third-order valence-corrected chi connectivity index (χ3v) is 5.64. The molecule has 0 bridgehead atoms. The fraction of sp³-hybridized carbons (Fsp3) is 0.227. The third kappa shape index (κ3) is 5.44. The number of imide groups is 1. The lowest BCUT2D eigenvalue weighted by Gasteiger charge is -2.23. The number of aliphatic hydroxyl groups is 1. The van der Waals surface area contributed by atoms with Crippen molar-refractivity contribution in [3.63, 3.8) is 0 Å². The summed E-state index contributed by atoms with van der Waals surface area (Å²) in [5.74, 6) is -0.270. The molecule has 8 nitrogen and oxygen atoms in total. The maximum Gasteiger partial charge on any atom is 0.294 e. The van der Waals surface area contributed by atoms with E-state index in [1.165, 1.54) is 24.1 Å². The van der Waals surface area contributed by atoms with E-state index in [1.54, 1.807) is 49.6 Å². The van der Waals surface area contributed by atoms with Gasteiger partial charge in [0, 0.05) is 7.05 Å². The van der Waals surface area contributed by atoms with Crippen molar-refractivity contribution in [3.05, 3.63) is 64.6 Å². The van der Waals surface area contributed by atoms with Crippen LogP contribution < -0.4 is 4.74 Å². The number of amides is 3. The Kier molecular flexibility index (Phi) is 6.98. The van der Waals surface area contributed by atoms with Crippen LogP contribution in [0.15, 0.2) is 53.4 Å². The van der Waals surface area contributed by atoms with E-state index >= 15 is 0 Å². The molecule has 3 amide bonds. The van der Waals surface area contributed by atoms with Gasteiger partial charge >= 0.3 is 0 Å². The normalized spacial score (nSPS) is 16.0. The number of benzene rings is 2. The van der Waals surface area contributed by atoms with Gasteiger partial charge in [0.15, 0.2) is 0 Å². The third-order valence-electron chi connectivity index (χ3n) is 4.73. The van der Waals surface area contributed by atoms with Crippen molar-refractivity contribution in [2.24, 2.45) is 0 Å². The van der Waals surface area contributed by atoms with Gasteiger partial charge in [0.05, 0.1) is 24.7 Å². The molecule has 0 aliphatic carbocycles. The summed E-state index contributed by atoms with van der Waals surface area (Å²) in [5.41, 5.74) is 1.26. The highest BCUT2D eigenvalue weighted by Crippen LogP contribution is 2.32. The molecule has 2 aromatic rings. The molecule has 2 N–H and O–H groups in total. The Hall–Kier alpha value is -3.30. The number of hydrogen-bond donors (Lipinski definition) is 2. The van der Waals surface area contributed by atoms with E-state index in [0.29, 0.717) is 11.3 Å². The van der Waals surface area contributed by atoms with Crippen molar-refractivity contribution in [3.8, 4) is 11.5 Å². The van der Waals surface area contributed by atoms with Crippen LogP contribution in [0.1, 0.15) is 17.2 Å². The minimum Gasteiger partial charge on any atom is -0.508 e. The smallest absolute Gasteiger partial charge is 0.294 e. The number of phenols is 1. The molecule has 0 radical (unpaired) electrons. The molecule has 1 heterocycles. The van der Waals surface area contributed by atoms with Crippen molar-refractivity contribution in [1.29, 1.82) is 0 Å². The van der Waals surface area contributed by atoms with Crippen molar-refractivity contribution in [2.45, 2.75) is 6.10 Å². The van der Waals surface area contributed by atoms with E-state index in [0.717, 1.165) is 22.2 Å². The average molecular weight is 442 g/mol. The first-order valence-corrected chi connectivity index (χ1v) is 10.2. The number of carbonyl (C=O) groups excluding carboxylic acids is 3. The van der Waals surface area contributed by atoms with Crippen LogP contribution in [-0.4, -0.2) is 64.3 Å². The van der Waals surface area contributed by atoms with E-state index in [1.807, 2.05) is 0 Å². The molecule has 31 heavy (non-hydrogen) atoms.